The molecule has 0 spiro atoms. The van der Waals surface area contributed by atoms with Crippen LogP contribution in [0, 0.1) is 4.77 Å². The highest BCUT2D eigenvalue weighted by Gasteiger charge is 2.33. The fourth-order valence-electron chi connectivity index (χ4n) is 1.87. The van der Waals surface area contributed by atoms with Gasteiger partial charge in [0.05, 0.1) is 5.56 Å². The van der Waals surface area contributed by atoms with Crippen LogP contribution in [0.5, 0.6) is 0 Å². The van der Waals surface area contributed by atoms with Crippen molar-refractivity contribution in [3.63, 3.8) is 0 Å². The Hall–Kier alpha value is -1.96. The average molecular weight is 270 g/mol. The third-order valence-corrected chi connectivity index (χ3v) is 2.74. The van der Waals surface area contributed by atoms with Gasteiger partial charge in [0, 0.05) is 10.9 Å². The fourth-order valence-corrected chi connectivity index (χ4v) is 2.01. The van der Waals surface area contributed by atoms with Crippen LogP contribution in [-0.4, -0.2) is 20.2 Å². The summed E-state index contributed by atoms with van der Waals surface area (Å²) in [6.07, 6.45) is -4.44. The Kier molecular flexibility index (Phi) is 2.18. The van der Waals surface area contributed by atoms with Gasteiger partial charge in [-0.15, -0.1) is 0 Å². The Labute approximate surface area is 103 Å². The molecule has 2 heterocycles. The summed E-state index contributed by atoms with van der Waals surface area (Å²) in [5, 5.41) is 6.22. The number of hydrogen-bond acceptors (Lipinski definition) is 3. The lowest BCUT2D eigenvalue weighted by Gasteiger charge is -2.07. The first-order valence-electron chi connectivity index (χ1n) is 4.91. The first-order valence-corrected chi connectivity index (χ1v) is 5.32. The molecule has 8 heteroatoms. The van der Waals surface area contributed by atoms with Crippen LogP contribution in [0.3, 0.4) is 0 Å². The summed E-state index contributed by atoms with van der Waals surface area (Å²) in [5.74, 6) is 0. The largest absolute Gasteiger partial charge is 0.417 e. The molecule has 0 unspecified atom stereocenters. The molecular weight excluding hydrogens is 265 g/mol. The maximum atomic E-state index is 12.9. The summed E-state index contributed by atoms with van der Waals surface area (Å²) < 4.78 is 38.8. The molecule has 2 N–H and O–H groups in total. The van der Waals surface area contributed by atoms with Gasteiger partial charge in [-0.2, -0.15) is 23.3 Å². The van der Waals surface area contributed by atoms with E-state index in [2.05, 4.69) is 20.2 Å². The second-order valence-corrected chi connectivity index (χ2v) is 4.08. The molecule has 0 bridgehead atoms. The molecule has 92 valence electrons. The van der Waals surface area contributed by atoms with Crippen molar-refractivity contribution < 1.29 is 13.2 Å². The molecule has 0 atom stereocenters. The second-order valence-electron chi connectivity index (χ2n) is 3.69. The lowest BCUT2D eigenvalue weighted by atomic mass is 10.1. The molecule has 0 aliphatic carbocycles. The smallest absolute Gasteiger partial charge is 0.338 e. The van der Waals surface area contributed by atoms with Crippen molar-refractivity contribution in [3.05, 3.63) is 28.5 Å². The third kappa shape index (κ3) is 1.57. The molecule has 0 aliphatic heterocycles. The van der Waals surface area contributed by atoms with E-state index in [0.717, 1.165) is 6.07 Å². The van der Waals surface area contributed by atoms with E-state index in [-0.39, 0.29) is 21.3 Å². The van der Waals surface area contributed by atoms with Crippen molar-refractivity contribution in [2.24, 2.45) is 0 Å². The number of fused-ring (bicyclic) bond motifs is 3. The van der Waals surface area contributed by atoms with Crippen LogP contribution < -0.4 is 0 Å². The van der Waals surface area contributed by atoms with E-state index in [4.69, 9.17) is 12.2 Å². The van der Waals surface area contributed by atoms with Gasteiger partial charge in [-0.05, 0) is 24.4 Å². The highest BCUT2D eigenvalue weighted by atomic mass is 32.1. The topological polar surface area (TPSA) is 57.4 Å². The van der Waals surface area contributed by atoms with Crippen LogP contribution in [0.4, 0.5) is 13.2 Å². The molecule has 4 nitrogen and oxygen atoms in total. The number of benzene rings is 1. The van der Waals surface area contributed by atoms with E-state index in [1.165, 1.54) is 12.1 Å². The van der Waals surface area contributed by atoms with Crippen molar-refractivity contribution in [2.75, 3.05) is 0 Å². The molecule has 0 aliphatic rings. The van der Waals surface area contributed by atoms with Crippen molar-refractivity contribution in [3.8, 4) is 0 Å². The zero-order chi connectivity index (χ0) is 12.9. The van der Waals surface area contributed by atoms with Gasteiger partial charge in [0.1, 0.15) is 5.52 Å². The lowest BCUT2D eigenvalue weighted by Crippen LogP contribution is -2.05. The fraction of sp³-hybridized carbons (Fsp3) is 0.100. The number of hydrogen-bond donors (Lipinski definition) is 2. The van der Waals surface area contributed by atoms with Gasteiger partial charge in [-0.3, -0.25) is 5.10 Å². The molecule has 18 heavy (non-hydrogen) atoms. The molecule has 0 fully saturated rings. The summed E-state index contributed by atoms with van der Waals surface area (Å²) >= 11 is 4.78. The molecular formula is C10H5F3N4S. The highest BCUT2D eigenvalue weighted by Crippen LogP contribution is 2.36. The van der Waals surface area contributed by atoms with Crippen LogP contribution in [-0.2, 0) is 6.18 Å². The summed E-state index contributed by atoms with van der Waals surface area (Å²) in [6.45, 7) is 0. The van der Waals surface area contributed by atoms with Crippen LogP contribution in [0.25, 0.3) is 22.1 Å². The summed E-state index contributed by atoms with van der Waals surface area (Å²) in [6, 6.07) is 3.88. The minimum Gasteiger partial charge on any atom is -0.338 e. The standard InChI is InChI=1S/C10H5F3N4S/c11-10(12,13)4-2-1-3-5-6(4)7-8(14-5)15-9(18)17-16-7/h1-3H,(H2,14,15,17,18). The van der Waals surface area contributed by atoms with E-state index >= 15 is 0 Å². The van der Waals surface area contributed by atoms with Crippen molar-refractivity contribution in [1.29, 1.82) is 0 Å². The zero-order valence-corrected chi connectivity index (χ0v) is 9.49. The van der Waals surface area contributed by atoms with Crippen molar-refractivity contribution >= 4 is 34.3 Å². The molecule has 1 aromatic carbocycles. The van der Waals surface area contributed by atoms with E-state index in [9.17, 15) is 13.2 Å². The van der Waals surface area contributed by atoms with Gasteiger partial charge in [-0.25, -0.2) is 0 Å². The third-order valence-electron chi connectivity index (χ3n) is 2.56. The van der Waals surface area contributed by atoms with E-state index in [0.29, 0.717) is 5.52 Å². The quantitative estimate of drug-likeness (QED) is 0.617. The van der Waals surface area contributed by atoms with E-state index < -0.39 is 11.7 Å². The Balaban J connectivity index is 2.53. The number of nitrogens with zero attached hydrogens (tertiary/aromatic N) is 2. The number of aromatic amines is 2. The van der Waals surface area contributed by atoms with Gasteiger partial charge in [-0.1, -0.05) is 6.07 Å². The lowest BCUT2D eigenvalue weighted by molar-refractivity contribution is -0.136. The number of nitrogens with one attached hydrogen (secondary N) is 2. The number of H-pyrrole nitrogens is 2. The molecule has 2 aromatic heterocycles. The van der Waals surface area contributed by atoms with Gasteiger partial charge in [0.15, 0.2) is 5.65 Å². The molecule has 0 radical (unpaired) electrons. The van der Waals surface area contributed by atoms with Crippen LogP contribution in [0.1, 0.15) is 5.56 Å². The minimum absolute atomic E-state index is 0.00116. The molecule has 0 saturated heterocycles. The van der Waals surface area contributed by atoms with Crippen LogP contribution >= 0.6 is 12.2 Å². The highest BCUT2D eigenvalue weighted by molar-refractivity contribution is 7.71. The van der Waals surface area contributed by atoms with Crippen LogP contribution in [0.2, 0.25) is 0 Å². The van der Waals surface area contributed by atoms with Gasteiger partial charge in [0.2, 0.25) is 4.77 Å². The number of rotatable bonds is 0. The summed E-state index contributed by atoms with van der Waals surface area (Å²) in [5.41, 5.74) is -0.0446. The Morgan fingerprint density at radius 1 is 1.22 bits per heavy atom. The Bertz CT molecular complexity index is 802. The molecule has 0 amide bonds. The summed E-state index contributed by atoms with van der Waals surface area (Å²) in [4.78, 5) is 6.68. The first kappa shape index (κ1) is 11.1. The molecule has 0 saturated carbocycles. The molecule has 3 rings (SSSR count). The maximum absolute atomic E-state index is 12.9. The Morgan fingerprint density at radius 3 is 2.72 bits per heavy atom. The zero-order valence-electron chi connectivity index (χ0n) is 8.67. The van der Waals surface area contributed by atoms with Gasteiger partial charge in [0.25, 0.3) is 0 Å². The SMILES string of the molecule is FC(F)(F)c1cccc2[nH]c3nc(=S)[nH]nc3c12. The number of aromatic nitrogens is 4. The first-order chi connectivity index (χ1) is 8.47. The number of alkyl halides is 3. The average Bonchev–Trinajstić information content (AvgIpc) is 2.64. The van der Waals surface area contributed by atoms with Crippen molar-refractivity contribution in [1.82, 2.24) is 20.2 Å². The van der Waals surface area contributed by atoms with Gasteiger partial charge < -0.3 is 4.98 Å². The van der Waals surface area contributed by atoms with E-state index in [1.807, 2.05) is 0 Å². The second kappa shape index (κ2) is 3.52. The van der Waals surface area contributed by atoms with Gasteiger partial charge >= 0.3 is 6.18 Å². The predicted octanol–water partition coefficient (Wildman–Crippen LogP) is 3.19. The van der Waals surface area contributed by atoms with E-state index in [1.54, 1.807) is 0 Å². The normalized spacial score (nSPS) is 12.4. The monoisotopic (exact) mass is 270 g/mol. The summed E-state index contributed by atoms with van der Waals surface area (Å²) in [7, 11) is 0. The Morgan fingerprint density at radius 2 is 2.00 bits per heavy atom. The molecule has 3 aromatic rings. The predicted molar refractivity (Wildman–Crippen MR) is 61.6 cm³/mol. The van der Waals surface area contributed by atoms with Crippen LogP contribution in [0.15, 0.2) is 18.2 Å². The van der Waals surface area contributed by atoms with Crippen molar-refractivity contribution in [2.45, 2.75) is 6.18 Å². The number of halogens is 3. The maximum Gasteiger partial charge on any atom is 0.417 e. The minimum atomic E-state index is -4.44.